The first-order valence-corrected chi connectivity index (χ1v) is 42.9. The van der Waals surface area contributed by atoms with Gasteiger partial charge in [-0.2, -0.15) is 0 Å². The molecule has 6 nitrogen and oxygen atoms in total. The molecule has 0 radical (unpaired) electrons. The van der Waals surface area contributed by atoms with Crippen molar-refractivity contribution in [2.75, 3.05) is 13.2 Å². The average molecular weight is 1300 g/mol. The fourth-order valence-corrected chi connectivity index (χ4v) is 14.1. The van der Waals surface area contributed by atoms with Crippen LogP contribution in [0, 0.1) is 0 Å². The summed E-state index contributed by atoms with van der Waals surface area (Å²) in [5, 5.41) is 23.5. The maximum atomic E-state index is 12.6. The molecule has 0 heterocycles. The molecule has 0 aliphatic heterocycles. The predicted octanol–water partition coefficient (Wildman–Crippen LogP) is 28.6. The van der Waals surface area contributed by atoms with Gasteiger partial charge in [-0.05, 0) is 51.4 Å². The van der Waals surface area contributed by atoms with Crippen LogP contribution in [0.4, 0.5) is 0 Å². The SMILES string of the molecule is CCCCCCCCCCCCCCCCCCCCCCCCCC(O)C(CO)NC(=O)CCCCCCCCCCCCCCCCCCC/C=C\CCCCCCCCCCCCCCOC(=O)CCCCCCCCCCCCCCCCCCCCC. The van der Waals surface area contributed by atoms with Crippen LogP contribution in [-0.2, 0) is 14.3 Å². The second-order valence-electron chi connectivity index (χ2n) is 29.9. The summed E-state index contributed by atoms with van der Waals surface area (Å²) in [7, 11) is 0. The minimum atomic E-state index is -0.663. The van der Waals surface area contributed by atoms with E-state index >= 15 is 0 Å². The first-order valence-electron chi connectivity index (χ1n) is 42.9. The van der Waals surface area contributed by atoms with Crippen LogP contribution >= 0.6 is 0 Å². The lowest BCUT2D eigenvalue weighted by Crippen LogP contribution is -2.45. The Bertz CT molecular complexity index is 1400. The van der Waals surface area contributed by atoms with E-state index in [1.165, 1.54) is 430 Å². The second-order valence-corrected chi connectivity index (χ2v) is 29.9. The van der Waals surface area contributed by atoms with Gasteiger partial charge in [0.15, 0.2) is 0 Å². The van der Waals surface area contributed by atoms with Crippen molar-refractivity contribution >= 4 is 11.9 Å². The average Bonchev–Trinajstić information content (AvgIpc) is 3.48. The van der Waals surface area contributed by atoms with Gasteiger partial charge in [0.2, 0.25) is 5.91 Å². The van der Waals surface area contributed by atoms with E-state index in [-0.39, 0.29) is 18.5 Å². The van der Waals surface area contributed by atoms with E-state index in [0.717, 1.165) is 38.5 Å². The maximum Gasteiger partial charge on any atom is 0.305 e. The molecule has 2 unspecified atom stereocenters. The zero-order valence-electron chi connectivity index (χ0n) is 63.1. The topological polar surface area (TPSA) is 95.9 Å². The van der Waals surface area contributed by atoms with Crippen molar-refractivity contribution in [2.24, 2.45) is 0 Å². The number of hydrogen-bond acceptors (Lipinski definition) is 5. The summed E-state index contributed by atoms with van der Waals surface area (Å²) in [6.45, 7) is 5.03. The number of carbonyl (C=O) groups is 2. The number of nitrogens with one attached hydrogen (secondary N) is 1. The summed E-state index contributed by atoms with van der Waals surface area (Å²) in [5.41, 5.74) is 0. The van der Waals surface area contributed by atoms with Crippen LogP contribution in [0.1, 0.15) is 502 Å². The van der Waals surface area contributed by atoms with Crippen LogP contribution in [0.25, 0.3) is 0 Å². The molecule has 1 amide bonds. The van der Waals surface area contributed by atoms with E-state index in [2.05, 4.69) is 31.3 Å². The summed E-state index contributed by atoms with van der Waals surface area (Å²) in [6.07, 6.45) is 105. The fourth-order valence-electron chi connectivity index (χ4n) is 14.1. The van der Waals surface area contributed by atoms with Crippen LogP contribution < -0.4 is 5.32 Å². The highest BCUT2D eigenvalue weighted by Gasteiger charge is 2.20. The number of carbonyl (C=O) groups excluding carboxylic acids is 2. The highest BCUT2D eigenvalue weighted by molar-refractivity contribution is 5.76. The number of ether oxygens (including phenoxy) is 1. The predicted molar refractivity (Wildman–Crippen MR) is 407 cm³/mol. The molecule has 0 saturated carbocycles. The van der Waals surface area contributed by atoms with Crippen LogP contribution in [0.3, 0.4) is 0 Å². The molecular weight excluding hydrogens is 1130 g/mol. The van der Waals surface area contributed by atoms with Crippen LogP contribution in [-0.4, -0.2) is 47.4 Å². The molecule has 0 aromatic heterocycles. The zero-order chi connectivity index (χ0) is 66.3. The summed E-state index contributed by atoms with van der Waals surface area (Å²) in [5.74, 6) is -0.000354. The van der Waals surface area contributed by atoms with Gasteiger partial charge in [-0.25, -0.2) is 0 Å². The summed E-state index contributed by atoms with van der Waals surface area (Å²) in [4.78, 5) is 24.7. The standard InChI is InChI=1S/C86H169NO5/c1-3-5-7-9-11-13-15-17-19-21-23-24-36-39-43-46-50-54-58-62-66-70-74-78-84(89)83(82-88)87-85(90)79-75-71-67-63-59-55-51-47-44-40-37-34-32-30-28-26-25-27-29-31-33-35-38-41-45-49-53-57-61-65-69-73-77-81-92-86(91)80-76-72-68-64-60-56-52-48-42-22-20-18-16-14-12-10-8-6-4-2/h29,31,83-84,88-89H,3-28,30,32-82H2,1-2H3,(H,87,90)/b31-29-. The Kier molecular flexibility index (Phi) is 80.8. The molecule has 0 bridgehead atoms. The van der Waals surface area contributed by atoms with E-state index in [1.807, 2.05) is 0 Å². The quantitative estimate of drug-likeness (QED) is 0.0320. The molecule has 0 spiro atoms. The second kappa shape index (κ2) is 82.0. The number of amides is 1. The molecule has 548 valence electrons. The van der Waals surface area contributed by atoms with Gasteiger partial charge in [-0.3, -0.25) is 9.59 Å². The first kappa shape index (κ1) is 90.6. The van der Waals surface area contributed by atoms with Crippen molar-refractivity contribution in [3.05, 3.63) is 12.2 Å². The third kappa shape index (κ3) is 77.6. The molecule has 6 heteroatoms. The minimum absolute atomic E-state index is 0.0251. The van der Waals surface area contributed by atoms with Gasteiger partial charge in [0.25, 0.3) is 0 Å². The summed E-state index contributed by atoms with van der Waals surface area (Å²) >= 11 is 0. The van der Waals surface area contributed by atoms with Crippen molar-refractivity contribution in [2.45, 2.75) is 514 Å². The molecule has 0 saturated heterocycles. The number of aliphatic hydroxyl groups is 2. The summed E-state index contributed by atoms with van der Waals surface area (Å²) < 4.78 is 5.52. The van der Waals surface area contributed by atoms with E-state index < -0.39 is 12.1 Å². The highest BCUT2D eigenvalue weighted by Crippen LogP contribution is 2.21. The number of aliphatic hydroxyl groups excluding tert-OH is 2. The van der Waals surface area contributed by atoms with Crippen LogP contribution in [0.5, 0.6) is 0 Å². The van der Waals surface area contributed by atoms with Crippen molar-refractivity contribution in [3.63, 3.8) is 0 Å². The Balaban J connectivity index is 3.33. The molecule has 0 aromatic carbocycles. The molecule has 3 N–H and O–H groups in total. The Morgan fingerprint density at radius 2 is 0.511 bits per heavy atom. The summed E-state index contributed by atoms with van der Waals surface area (Å²) in [6, 6.07) is -0.540. The Morgan fingerprint density at radius 1 is 0.293 bits per heavy atom. The molecule has 2 atom stereocenters. The molecule has 0 fully saturated rings. The van der Waals surface area contributed by atoms with E-state index in [9.17, 15) is 19.8 Å². The van der Waals surface area contributed by atoms with Crippen LogP contribution in [0.15, 0.2) is 12.2 Å². The third-order valence-corrected chi connectivity index (χ3v) is 20.6. The molecule has 0 aliphatic rings. The van der Waals surface area contributed by atoms with Crippen molar-refractivity contribution in [1.82, 2.24) is 5.32 Å². The Morgan fingerprint density at radius 3 is 0.772 bits per heavy atom. The van der Waals surface area contributed by atoms with Gasteiger partial charge in [0.05, 0.1) is 25.4 Å². The molecule has 0 rings (SSSR count). The van der Waals surface area contributed by atoms with Crippen LogP contribution in [0.2, 0.25) is 0 Å². The molecule has 0 aromatic rings. The van der Waals surface area contributed by atoms with Crippen molar-refractivity contribution in [3.8, 4) is 0 Å². The van der Waals surface area contributed by atoms with Gasteiger partial charge in [-0.1, -0.05) is 450 Å². The van der Waals surface area contributed by atoms with Crippen molar-refractivity contribution < 1.29 is 24.5 Å². The Labute approximate surface area is 578 Å². The van der Waals surface area contributed by atoms with Gasteiger partial charge >= 0.3 is 5.97 Å². The number of hydrogen-bond donors (Lipinski definition) is 3. The highest BCUT2D eigenvalue weighted by atomic mass is 16.5. The van der Waals surface area contributed by atoms with Gasteiger partial charge in [0, 0.05) is 12.8 Å². The lowest BCUT2D eigenvalue weighted by Gasteiger charge is -2.22. The fraction of sp³-hybridized carbons (Fsp3) is 0.953. The van der Waals surface area contributed by atoms with E-state index in [4.69, 9.17) is 4.74 Å². The molecular formula is C86H169NO5. The normalized spacial score (nSPS) is 12.4. The number of allylic oxidation sites excluding steroid dienone is 2. The maximum absolute atomic E-state index is 12.6. The number of rotatable bonds is 82. The third-order valence-electron chi connectivity index (χ3n) is 20.6. The van der Waals surface area contributed by atoms with Gasteiger partial charge in [0.1, 0.15) is 0 Å². The monoisotopic (exact) mass is 1300 g/mol. The van der Waals surface area contributed by atoms with Crippen molar-refractivity contribution in [1.29, 1.82) is 0 Å². The van der Waals surface area contributed by atoms with E-state index in [1.54, 1.807) is 0 Å². The Hall–Kier alpha value is -1.40. The van der Waals surface area contributed by atoms with Gasteiger partial charge in [-0.15, -0.1) is 0 Å². The zero-order valence-corrected chi connectivity index (χ0v) is 63.1. The molecule has 0 aliphatic carbocycles. The smallest absolute Gasteiger partial charge is 0.305 e. The lowest BCUT2D eigenvalue weighted by molar-refractivity contribution is -0.143. The lowest BCUT2D eigenvalue weighted by atomic mass is 10.0. The molecule has 92 heavy (non-hydrogen) atoms. The largest absolute Gasteiger partial charge is 0.466 e. The number of unbranched alkanes of at least 4 members (excludes halogenated alkanes) is 69. The number of esters is 1. The first-order chi connectivity index (χ1) is 45.5. The van der Waals surface area contributed by atoms with E-state index in [0.29, 0.717) is 25.9 Å². The minimum Gasteiger partial charge on any atom is -0.466 e. The van der Waals surface area contributed by atoms with Gasteiger partial charge < -0.3 is 20.3 Å².